The molecule has 5 nitrogen and oxygen atoms in total. The summed E-state index contributed by atoms with van der Waals surface area (Å²) >= 11 is 0. The van der Waals surface area contributed by atoms with Gasteiger partial charge in [0.15, 0.2) is 0 Å². The average Bonchev–Trinajstić information content (AvgIpc) is 3.08. The summed E-state index contributed by atoms with van der Waals surface area (Å²) in [5, 5.41) is 6.67. The molecule has 4 aromatic rings. The lowest BCUT2D eigenvalue weighted by Gasteiger charge is -2.15. The summed E-state index contributed by atoms with van der Waals surface area (Å²) in [6.45, 7) is 2.71. The maximum Gasteiger partial charge on any atom is 0.264 e. The molecule has 1 N–H and O–H groups in total. The van der Waals surface area contributed by atoms with E-state index in [1.165, 1.54) is 18.2 Å². The summed E-state index contributed by atoms with van der Waals surface area (Å²) in [7, 11) is -3.82. The van der Waals surface area contributed by atoms with E-state index in [4.69, 9.17) is 13.7 Å². The SMILES string of the molecule is [2H]C([2H])(/C=C/C#CC(C)(C)C)OS(C)(=O)=O.[2H]C([2H])([2H])N(Cc1cccc2ccccc12)C([2H])([2H])/C=C/C#CC(C)(C)C.[2H]C([2H])([2H])NCc1cccc2ccccc12. The molecule has 0 saturated heterocycles. The third-order valence-electron chi connectivity index (χ3n) is 6.09. The van der Waals surface area contributed by atoms with Crippen LogP contribution in [0.5, 0.6) is 0 Å². The topological polar surface area (TPSA) is 58.6 Å². The quantitative estimate of drug-likeness (QED) is 0.141. The predicted octanol–water partition coefficient (Wildman–Crippen LogP) is 9.00. The van der Waals surface area contributed by atoms with Gasteiger partial charge in [0.25, 0.3) is 10.1 Å². The summed E-state index contributed by atoms with van der Waals surface area (Å²) in [6, 6.07) is 27.2. The van der Waals surface area contributed by atoms with Crippen molar-refractivity contribution in [1.82, 2.24) is 10.2 Å². The van der Waals surface area contributed by atoms with Gasteiger partial charge in [-0.15, -0.1) is 0 Å². The maximum atomic E-state index is 10.7. The second-order valence-corrected chi connectivity index (χ2v) is 14.5. The van der Waals surface area contributed by atoms with Crippen LogP contribution in [-0.4, -0.2) is 46.6 Å². The lowest BCUT2D eigenvalue weighted by molar-refractivity contribution is 0.361. The van der Waals surface area contributed by atoms with Crippen LogP contribution in [0.3, 0.4) is 0 Å². The highest BCUT2D eigenvalue weighted by molar-refractivity contribution is 7.86. The first-order chi connectivity index (χ1) is 26.9. The highest BCUT2D eigenvalue weighted by Crippen LogP contribution is 2.20. The zero-order valence-electron chi connectivity index (χ0n) is 39.4. The molecule has 0 spiro atoms. The second-order valence-electron chi connectivity index (χ2n) is 13.0. The molecule has 0 saturated carbocycles. The minimum atomic E-state index is -3.82. The minimum absolute atomic E-state index is 0.0398. The Morgan fingerprint density at radius 1 is 0.776 bits per heavy atom. The summed E-state index contributed by atoms with van der Waals surface area (Å²) < 4.78 is 102. The van der Waals surface area contributed by atoms with Gasteiger partial charge in [-0.1, -0.05) is 115 Å². The van der Waals surface area contributed by atoms with Crippen LogP contribution in [0.15, 0.2) is 109 Å². The standard InChI is InChI=1S/C21H25N.C12H13N.C10H16O3S/c1-21(2,3)15-8-5-9-16-22(4)17-19-13-10-12-18-11-6-7-14-20(18)19;1-13-9-11-7-4-6-10-5-2-3-8-12(10)11;1-10(2,3)8-6-5-7-9-13-14(4,11)12/h5-7,9-14H,16-17H2,1-4H3;2-8,13H,9H2,1H3;5,7H,9H2,1-4H3/b9-5+;;7-5+/i4D3,16D2;1D3;9D2. The van der Waals surface area contributed by atoms with Gasteiger partial charge < -0.3 is 5.32 Å². The van der Waals surface area contributed by atoms with Crippen molar-refractivity contribution in [2.45, 2.75) is 54.6 Å². The molecule has 0 amide bonds. The van der Waals surface area contributed by atoms with Crippen molar-refractivity contribution in [2.24, 2.45) is 10.8 Å². The van der Waals surface area contributed by atoms with Crippen molar-refractivity contribution in [1.29, 1.82) is 0 Å². The number of rotatable bonds is 9. The highest BCUT2D eigenvalue weighted by Gasteiger charge is 2.04. The minimum Gasteiger partial charge on any atom is -0.316 e. The summed E-state index contributed by atoms with van der Waals surface area (Å²) in [4.78, 5) is 0.886. The van der Waals surface area contributed by atoms with Crippen molar-refractivity contribution in [3.05, 3.63) is 120 Å². The van der Waals surface area contributed by atoms with Crippen LogP contribution >= 0.6 is 0 Å². The van der Waals surface area contributed by atoms with E-state index in [-0.39, 0.29) is 17.4 Å². The van der Waals surface area contributed by atoms with E-state index in [9.17, 15) is 8.42 Å². The molecule has 0 aliphatic heterocycles. The zero-order valence-corrected chi connectivity index (χ0v) is 30.2. The van der Waals surface area contributed by atoms with Gasteiger partial charge in [0.1, 0.15) is 0 Å². The van der Waals surface area contributed by atoms with E-state index < -0.39 is 37.1 Å². The van der Waals surface area contributed by atoms with E-state index in [0.717, 1.165) is 49.9 Å². The fraction of sp³-hybridized carbons (Fsp3) is 0.349. The molecular formula is C43H54N2O3S. The predicted molar refractivity (Wildman–Crippen MR) is 211 cm³/mol. The third-order valence-corrected chi connectivity index (χ3v) is 6.49. The number of allylic oxidation sites excluding steroid dienone is 2. The van der Waals surface area contributed by atoms with Crippen molar-refractivity contribution >= 4 is 31.7 Å². The third kappa shape index (κ3) is 18.2. The second kappa shape index (κ2) is 20.4. The van der Waals surface area contributed by atoms with Gasteiger partial charge in [0.2, 0.25) is 0 Å². The maximum absolute atomic E-state index is 10.7. The molecule has 0 aliphatic rings. The number of benzene rings is 4. The van der Waals surface area contributed by atoms with E-state index in [1.807, 2.05) is 126 Å². The molecule has 4 rings (SSSR count). The first-order valence-electron chi connectivity index (χ1n) is 20.7. The van der Waals surface area contributed by atoms with Crippen molar-refractivity contribution in [3.63, 3.8) is 0 Å². The molecule has 0 unspecified atom stereocenters. The molecule has 0 atom stereocenters. The lowest BCUT2D eigenvalue weighted by atomic mass is 9.98. The van der Waals surface area contributed by atoms with Crippen LogP contribution < -0.4 is 5.32 Å². The van der Waals surface area contributed by atoms with E-state index in [0.29, 0.717) is 6.54 Å². The van der Waals surface area contributed by atoms with Crippen molar-refractivity contribution in [2.75, 3.05) is 33.3 Å². The Morgan fingerprint density at radius 3 is 1.82 bits per heavy atom. The Bertz CT molecular complexity index is 2290. The fourth-order valence-corrected chi connectivity index (χ4v) is 4.29. The molecule has 0 heterocycles. The molecule has 6 heteroatoms. The van der Waals surface area contributed by atoms with Gasteiger partial charge in [-0.05, 0) is 106 Å². The van der Waals surface area contributed by atoms with Crippen molar-refractivity contribution < 1.29 is 26.3 Å². The summed E-state index contributed by atoms with van der Waals surface area (Å²) in [6.07, 6.45) is 5.61. The Hall–Kier alpha value is -4.17. The molecule has 260 valence electrons. The number of hydrogen-bond donors (Lipinski definition) is 1. The van der Waals surface area contributed by atoms with Gasteiger partial charge in [-0.2, -0.15) is 8.42 Å². The van der Waals surface area contributed by atoms with Crippen LogP contribution in [0.2, 0.25) is 0 Å². The van der Waals surface area contributed by atoms with E-state index in [1.54, 1.807) is 0 Å². The Labute approximate surface area is 310 Å². The number of likely N-dealkylation sites (N-methyl/N-ethyl adjacent to an activating group) is 1. The average molecular weight is 689 g/mol. The Morgan fingerprint density at radius 2 is 1.29 bits per heavy atom. The number of nitrogens with one attached hydrogen (secondary N) is 1. The smallest absolute Gasteiger partial charge is 0.264 e. The van der Waals surface area contributed by atoms with Gasteiger partial charge >= 0.3 is 0 Å². The highest BCUT2D eigenvalue weighted by atomic mass is 32.2. The molecule has 49 heavy (non-hydrogen) atoms. The van der Waals surface area contributed by atoms with Gasteiger partial charge in [0, 0.05) is 41.4 Å². The summed E-state index contributed by atoms with van der Waals surface area (Å²) in [5.41, 5.74) is 1.38. The number of fused-ring (bicyclic) bond motifs is 2. The fourth-order valence-electron chi connectivity index (χ4n) is 4.06. The molecule has 0 aliphatic carbocycles. The van der Waals surface area contributed by atoms with Crippen LogP contribution in [0.1, 0.15) is 66.4 Å². The zero-order chi connectivity index (χ0) is 44.9. The first-order valence-corrected chi connectivity index (χ1v) is 17.5. The van der Waals surface area contributed by atoms with E-state index in [2.05, 4.69) is 33.2 Å². The monoisotopic (exact) mass is 688 g/mol. The van der Waals surface area contributed by atoms with Crippen LogP contribution in [0.4, 0.5) is 0 Å². The normalized spacial score (nSPS) is 15.8. The molecule has 4 aromatic carbocycles. The Balaban J connectivity index is 0.000000324. The Kier molecular flexibility index (Phi) is 11.5. The number of hydrogen-bond acceptors (Lipinski definition) is 5. The largest absolute Gasteiger partial charge is 0.316 e. The van der Waals surface area contributed by atoms with Crippen molar-refractivity contribution in [3.8, 4) is 23.7 Å². The van der Waals surface area contributed by atoms with Gasteiger partial charge in [-0.3, -0.25) is 9.08 Å². The van der Waals surface area contributed by atoms with Crippen LogP contribution in [0, 0.1) is 34.5 Å². The first kappa shape index (κ1) is 27.6. The molecular weight excluding hydrogens is 625 g/mol. The molecule has 0 fully saturated rings. The van der Waals surface area contributed by atoms with Gasteiger partial charge in [-0.25, -0.2) is 0 Å². The van der Waals surface area contributed by atoms with Crippen LogP contribution in [-0.2, 0) is 27.4 Å². The van der Waals surface area contributed by atoms with Gasteiger partial charge in [0.05, 0.1) is 15.6 Å². The van der Waals surface area contributed by atoms with E-state index >= 15 is 0 Å². The molecule has 0 radical (unpaired) electrons. The molecule has 0 bridgehead atoms. The lowest BCUT2D eigenvalue weighted by Crippen LogP contribution is -2.17. The molecule has 0 aromatic heterocycles. The number of nitrogens with zero attached hydrogens (tertiary/aromatic N) is 1. The van der Waals surface area contributed by atoms with Crippen LogP contribution in [0.25, 0.3) is 21.5 Å². The summed E-state index contributed by atoms with van der Waals surface area (Å²) in [5.74, 6) is 11.3.